The van der Waals surface area contributed by atoms with Gasteiger partial charge in [0.2, 0.25) is 0 Å². The third-order valence-corrected chi connectivity index (χ3v) is 4.37. The van der Waals surface area contributed by atoms with E-state index < -0.39 is 0 Å². The number of hydrogen-bond acceptors (Lipinski definition) is 6. The lowest BCUT2D eigenvalue weighted by molar-refractivity contribution is 0.0729. The molecule has 1 aromatic carbocycles. The van der Waals surface area contributed by atoms with E-state index in [2.05, 4.69) is 15.2 Å². The number of aromatic nitrogens is 2. The van der Waals surface area contributed by atoms with Crippen LogP contribution in [0.5, 0.6) is 0 Å². The zero-order chi connectivity index (χ0) is 16.4. The van der Waals surface area contributed by atoms with Crippen LogP contribution in [0, 0.1) is 0 Å². The van der Waals surface area contributed by atoms with E-state index in [1.165, 1.54) is 6.26 Å². The van der Waals surface area contributed by atoms with Gasteiger partial charge in [0, 0.05) is 32.7 Å². The van der Waals surface area contributed by atoms with E-state index >= 15 is 0 Å². The molecule has 124 valence electrons. The molecule has 0 radical (unpaired) electrons. The Balaban J connectivity index is 1.43. The van der Waals surface area contributed by atoms with Gasteiger partial charge in [-0.3, -0.25) is 9.69 Å². The van der Waals surface area contributed by atoms with Crippen molar-refractivity contribution in [3.63, 3.8) is 0 Å². The van der Waals surface area contributed by atoms with Gasteiger partial charge in [-0.25, -0.2) is 4.63 Å². The average molecular weight is 326 g/mol. The maximum absolute atomic E-state index is 12.4. The number of carbonyl (C=O) groups is 1. The monoisotopic (exact) mass is 326 g/mol. The minimum atomic E-state index is -0.0374. The lowest BCUT2D eigenvalue weighted by atomic mass is 10.1. The zero-order valence-electron chi connectivity index (χ0n) is 13.2. The molecular formula is C17H18N4O3. The first kappa shape index (κ1) is 14.9. The van der Waals surface area contributed by atoms with Crippen LogP contribution in [0.25, 0.3) is 11.0 Å². The Labute approximate surface area is 138 Å². The first-order chi connectivity index (χ1) is 11.8. The van der Waals surface area contributed by atoms with Crippen molar-refractivity contribution in [3.05, 3.63) is 47.9 Å². The van der Waals surface area contributed by atoms with Crippen LogP contribution < -0.4 is 0 Å². The van der Waals surface area contributed by atoms with E-state index in [-0.39, 0.29) is 5.91 Å². The molecule has 0 aliphatic carbocycles. The van der Waals surface area contributed by atoms with Crippen LogP contribution in [0.2, 0.25) is 0 Å². The van der Waals surface area contributed by atoms with Crippen LogP contribution >= 0.6 is 0 Å². The number of nitrogens with zero attached hydrogens (tertiary/aromatic N) is 4. The minimum absolute atomic E-state index is 0.0374. The molecule has 3 heterocycles. The lowest BCUT2D eigenvalue weighted by Gasteiger charge is -2.21. The van der Waals surface area contributed by atoms with E-state index in [1.807, 2.05) is 23.1 Å². The summed E-state index contributed by atoms with van der Waals surface area (Å²) in [4.78, 5) is 16.6. The van der Waals surface area contributed by atoms with E-state index in [9.17, 15) is 4.79 Å². The van der Waals surface area contributed by atoms with Gasteiger partial charge in [0.25, 0.3) is 5.91 Å². The molecule has 7 nitrogen and oxygen atoms in total. The Hall–Kier alpha value is -2.67. The van der Waals surface area contributed by atoms with Gasteiger partial charge in [-0.2, -0.15) is 0 Å². The molecule has 0 saturated carbocycles. The molecular weight excluding hydrogens is 308 g/mol. The highest BCUT2D eigenvalue weighted by molar-refractivity contribution is 5.91. The van der Waals surface area contributed by atoms with E-state index in [0.29, 0.717) is 12.3 Å². The number of amides is 1. The van der Waals surface area contributed by atoms with Gasteiger partial charge in [-0.15, -0.1) is 0 Å². The number of fused-ring (bicyclic) bond motifs is 1. The molecule has 1 aliphatic rings. The molecule has 0 N–H and O–H groups in total. The number of carbonyl (C=O) groups excluding carboxylic acids is 1. The van der Waals surface area contributed by atoms with E-state index in [1.54, 1.807) is 12.1 Å². The Kier molecular flexibility index (Phi) is 4.00. The second-order valence-corrected chi connectivity index (χ2v) is 5.95. The maximum atomic E-state index is 12.4. The summed E-state index contributed by atoms with van der Waals surface area (Å²) in [6, 6.07) is 9.35. The minimum Gasteiger partial charge on any atom is -0.459 e. The molecule has 7 heteroatoms. The van der Waals surface area contributed by atoms with Gasteiger partial charge < -0.3 is 9.32 Å². The highest BCUT2D eigenvalue weighted by Gasteiger charge is 2.22. The highest BCUT2D eigenvalue weighted by Crippen LogP contribution is 2.18. The molecule has 1 saturated heterocycles. The molecule has 0 unspecified atom stereocenters. The summed E-state index contributed by atoms with van der Waals surface area (Å²) < 4.78 is 10.0. The molecule has 0 bridgehead atoms. The van der Waals surface area contributed by atoms with Gasteiger partial charge >= 0.3 is 0 Å². The topological polar surface area (TPSA) is 75.6 Å². The van der Waals surface area contributed by atoms with Gasteiger partial charge in [0.1, 0.15) is 11.0 Å². The van der Waals surface area contributed by atoms with Gasteiger partial charge in [0.05, 0.1) is 6.26 Å². The van der Waals surface area contributed by atoms with Crippen molar-refractivity contribution < 1.29 is 13.8 Å². The Morgan fingerprint density at radius 2 is 2.04 bits per heavy atom. The predicted octanol–water partition coefficient (Wildman–Crippen LogP) is 2.16. The van der Waals surface area contributed by atoms with Crippen LogP contribution in [0.3, 0.4) is 0 Å². The first-order valence-corrected chi connectivity index (χ1v) is 8.06. The summed E-state index contributed by atoms with van der Waals surface area (Å²) in [6.45, 7) is 3.95. The number of furan rings is 1. The Morgan fingerprint density at radius 3 is 2.92 bits per heavy atom. The molecule has 0 atom stereocenters. The third kappa shape index (κ3) is 2.90. The Bertz CT molecular complexity index is 827. The average Bonchev–Trinajstić information content (AvgIpc) is 3.24. The van der Waals surface area contributed by atoms with Crippen LogP contribution in [-0.2, 0) is 6.54 Å². The predicted molar refractivity (Wildman–Crippen MR) is 86.3 cm³/mol. The van der Waals surface area contributed by atoms with Gasteiger partial charge in [-0.05, 0) is 40.5 Å². The molecule has 0 spiro atoms. The van der Waals surface area contributed by atoms with Crippen molar-refractivity contribution in [1.29, 1.82) is 0 Å². The molecule has 4 rings (SSSR count). The van der Waals surface area contributed by atoms with Crippen LogP contribution in [0.1, 0.15) is 22.5 Å². The molecule has 3 aromatic rings. The normalized spacial score (nSPS) is 16.4. The number of benzene rings is 1. The van der Waals surface area contributed by atoms with Crippen LogP contribution in [0.4, 0.5) is 0 Å². The Morgan fingerprint density at radius 1 is 1.08 bits per heavy atom. The fraction of sp³-hybridized carbons (Fsp3) is 0.353. The largest absolute Gasteiger partial charge is 0.459 e. The van der Waals surface area contributed by atoms with Crippen LogP contribution in [-0.4, -0.2) is 52.2 Å². The van der Waals surface area contributed by atoms with Crippen molar-refractivity contribution in [1.82, 2.24) is 20.1 Å². The van der Waals surface area contributed by atoms with Crippen molar-refractivity contribution in [3.8, 4) is 0 Å². The van der Waals surface area contributed by atoms with Gasteiger partial charge in [0.15, 0.2) is 5.76 Å². The number of hydrogen-bond donors (Lipinski definition) is 0. The SMILES string of the molecule is O=C(c1ccco1)N1CCCN(Cc2cccc3nonc23)CC1. The van der Waals surface area contributed by atoms with Crippen molar-refractivity contribution in [2.45, 2.75) is 13.0 Å². The van der Waals surface area contributed by atoms with Crippen molar-refractivity contribution >= 4 is 16.9 Å². The molecule has 24 heavy (non-hydrogen) atoms. The molecule has 1 amide bonds. The standard InChI is InChI=1S/C17H18N4O3/c22-17(15-6-2-11-23-15)21-8-3-7-20(9-10-21)12-13-4-1-5-14-16(13)19-24-18-14/h1-2,4-6,11H,3,7-10,12H2. The maximum Gasteiger partial charge on any atom is 0.289 e. The number of rotatable bonds is 3. The summed E-state index contributed by atoms with van der Waals surface area (Å²) >= 11 is 0. The summed E-state index contributed by atoms with van der Waals surface area (Å²) in [5.74, 6) is 0.367. The van der Waals surface area contributed by atoms with Crippen molar-refractivity contribution in [2.24, 2.45) is 0 Å². The quantitative estimate of drug-likeness (QED) is 0.734. The summed E-state index contributed by atoms with van der Waals surface area (Å²) in [6.07, 6.45) is 2.46. The van der Waals surface area contributed by atoms with E-state index in [0.717, 1.165) is 49.2 Å². The summed E-state index contributed by atoms with van der Waals surface area (Å²) in [5.41, 5.74) is 2.68. The fourth-order valence-electron chi connectivity index (χ4n) is 3.12. The van der Waals surface area contributed by atoms with Crippen LogP contribution in [0.15, 0.2) is 45.6 Å². The summed E-state index contributed by atoms with van der Waals surface area (Å²) in [7, 11) is 0. The fourth-order valence-corrected chi connectivity index (χ4v) is 3.12. The van der Waals surface area contributed by atoms with E-state index in [4.69, 9.17) is 9.05 Å². The van der Waals surface area contributed by atoms with Crippen molar-refractivity contribution in [2.75, 3.05) is 26.2 Å². The molecule has 2 aromatic heterocycles. The second kappa shape index (κ2) is 6.45. The second-order valence-electron chi connectivity index (χ2n) is 5.95. The zero-order valence-corrected chi connectivity index (χ0v) is 13.2. The lowest BCUT2D eigenvalue weighted by Crippen LogP contribution is -2.34. The smallest absolute Gasteiger partial charge is 0.289 e. The highest BCUT2D eigenvalue weighted by atomic mass is 16.6. The molecule has 1 aliphatic heterocycles. The molecule has 1 fully saturated rings. The van der Waals surface area contributed by atoms with Gasteiger partial charge in [-0.1, -0.05) is 12.1 Å². The summed E-state index contributed by atoms with van der Waals surface area (Å²) in [5, 5.41) is 7.88. The third-order valence-electron chi connectivity index (χ3n) is 4.37. The first-order valence-electron chi connectivity index (χ1n) is 8.06.